The van der Waals surface area contributed by atoms with Gasteiger partial charge in [-0.25, -0.2) is 0 Å². The van der Waals surface area contributed by atoms with Crippen LogP contribution < -0.4 is 10.6 Å². The first-order valence-electron chi connectivity index (χ1n) is 6.26. The maximum atomic E-state index is 11.6. The highest BCUT2D eigenvalue weighted by Crippen LogP contribution is 2.07. The normalized spacial score (nSPS) is 10.1. The highest BCUT2D eigenvalue weighted by Gasteiger charge is 2.05. The van der Waals surface area contributed by atoms with Crippen LogP contribution in [0.2, 0.25) is 0 Å². The smallest absolute Gasteiger partial charge is 0.238 e. The third-order valence-electron chi connectivity index (χ3n) is 2.64. The SMILES string of the molecule is Cc1ccc(NC(=O)CNCCC(=O)N(C)C)cc1. The van der Waals surface area contributed by atoms with Gasteiger partial charge < -0.3 is 15.5 Å². The number of hydrogen-bond acceptors (Lipinski definition) is 3. The van der Waals surface area contributed by atoms with Crippen LogP contribution in [0.1, 0.15) is 12.0 Å². The van der Waals surface area contributed by atoms with Crippen LogP contribution in [0.3, 0.4) is 0 Å². The van der Waals surface area contributed by atoms with Crippen molar-refractivity contribution in [2.24, 2.45) is 0 Å². The maximum Gasteiger partial charge on any atom is 0.238 e. The predicted octanol–water partition coefficient (Wildman–Crippen LogP) is 1.00. The van der Waals surface area contributed by atoms with E-state index in [1.54, 1.807) is 14.1 Å². The number of amides is 2. The lowest BCUT2D eigenvalue weighted by Gasteiger charge is -2.10. The molecule has 0 spiro atoms. The molecule has 0 unspecified atom stereocenters. The van der Waals surface area contributed by atoms with E-state index in [0.717, 1.165) is 11.3 Å². The van der Waals surface area contributed by atoms with Gasteiger partial charge in [0.1, 0.15) is 0 Å². The van der Waals surface area contributed by atoms with Gasteiger partial charge in [0, 0.05) is 32.7 Å². The summed E-state index contributed by atoms with van der Waals surface area (Å²) in [6.07, 6.45) is 0.394. The number of nitrogens with zero attached hydrogens (tertiary/aromatic N) is 1. The molecule has 1 rings (SSSR count). The molecule has 0 saturated carbocycles. The molecule has 0 aliphatic carbocycles. The van der Waals surface area contributed by atoms with Gasteiger partial charge >= 0.3 is 0 Å². The molecule has 1 aromatic carbocycles. The second kappa shape index (κ2) is 7.53. The van der Waals surface area contributed by atoms with Gasteiger partial charge in [-0.3, -0.25) is 9.59 Å². The zero-order valence-corrected chi connectivity index (χ0v) is 11.7. The largest absolute Gasteiger partial charge is 0.349 e. The summed E-state index contributed by atoms with van der Waals surface area (Å²) < 4.78 is 0. The van der Waals surface area contributed by atoms with E-state index in [1.165, 1.54) is 4.90 Å². The van der Waals surface area contributed by atoms with Crippen molar-refractivity contribution in [2.75, 3.05) is 32.5 Å². The Hall–Kier alpha value is -1.88. The predicted molar refractivity (Wildman–Crippen MR) is 76.0 cm³/mol. The summed E-state index contributed by atoms with van der Waals surface area (Å²) in [7, 11) is 3.43. The van der Waals surface area contributed by atoms with E-state index in [9.17, 15) is 9.59 Å². The van der Waals surface area contributed by atoms with Gasteiger partial charge in [0.2, 0.25) is 11.8 Å². The molecule has 0 fully saturated rings. The molecule has 104 valence electrons. The van der Waals surface area contributed by atoms with Gasteiger partial charge in [0.05, 0.1) is 6.54 Å². The van der Waals surface area contributed by atoms with Gasteiger partial charge in [-0.1, -0.05) is 17.7 Å². The second-order valence-corrected chi connectivity index (χ2v) is 4.63. The molecule has 0 aliphatic rings. The second-order valence-electron chi connectivity index (χ2n) is 4.63. The molecule has 0 heterocycles. The van der Waals surface area contributed by atoms with Crippen molar-refractivity contribution in [3.8, 4) is 0 Å². The summed E-state index contributed by atoms with van der Waals surface area (Å²) in [5.74, 6) is -0.0624. The first-order chi connectivity index (χ1) is 8.99. The van der Waals surface area contributed by atoms with E-state index < -0.39 is 0 Å². The Morgan fingerprint density at radius 1 is 1.16 bits per heavy atom. The average Bonchev–Trinajstić information content (AvgIpc) is 2.37. The standard InChI is InChI=1S/C14H21N3O2/c1-11-4-6-12(7-5-11)16-13(18)10-15-9-8-14(19)17(2)3/h4-7,15H,8-10H2,1-3H3,(H,16,18). The third-order valence-corrected chi connectivity index (χ3v) is 2.64. The Bertz CT molecular complexity index is 427. The number of carbonyl (C=O) groups excluding carboxylic acids is 2. The minimum Gasteiger partial charge on any atom is -0.349 e. The number of rotatable bonds is 6. The van der Waals surface area contributed by atoms with Crippen molar-refractivity contribution in [3.63, 3.8) is 0 Å². The van der Waals surface area contributed by atoms with Crippen LogP contribution in [0.5, 0.6) is 0 Å². The van der Waals surface area contributed by atoms with Gasteiger partial charge in [-0.15, -0.1) is 0 Å². The summed E-state index contributed by atoms with van der Waals surface area (Å²) in [5, 5.41) is 5.73. The minimum atomic E-state index is -0.110. The number of nitrogens with one attached hydrogen (secondary N) is 2. The monoisotopic (exact) mass is 263 g/mol. The zero-order chi connectivity index (χ0) is 14.3. The molecule has 5 nitrogen and oxygen atoms in total. The average molecular weight is 263 g/mol. The lowest BCUT2D eigenvalue weighted by atomic mass is 10.2. The van der Waals surface area contributed by atoms with Crippen LogP contribution in [-0.2, 0) is 9.59 Å². The van der Waals surface area contributed by atoms with E-state index in [-0.39, 0.29) is 18.4 Å². The maximum absolute atomic E-state index is 11.6. The highest BCUT2D eigenvalue weighted by atomic mass is 16.2. The molecule has 2 amide bonds. The molecule has 0 bridgehead atoms. The Labute approximate surface area is 114 Å². The number of carbonyl (C=O) groups is 2. The van der Waals surface area contributed by atoms with Gasteiger partial charge in [-0.2, -0.15) is 0 Å². The van der Waals surface area contributed by atoms with Gasteiger partial charge in [-0.05, 0) is 19.1 Å². The summed E-state index contributed by atoms with van der Waals surface area (Å²) in [4.78, 5) is 24.4. The van der Waals surface area contributed by atoms with E-state index in [2.05, 4.69) is 10.6 Å². The number of aryl methyl sites for hydroxylation is 1. The molecule has 0 radical (unpaired) electrons. The van der Waals surface area contributed by atoms with Crippen LogP contribution in [0, 0.1) is 6.92 Å². The fraction of sp³-hybridized carbons (Fsp3) is 0.429. The quantitative estimate of drug-likeness (QED) is 0.753. The third kappa shape index (κ3) is 6.01. The highest BCUT2D eigenvalue weighted by molar-refractivity contribution is 5.92. The molecule has 2 N–H and O–H groups in total. The zero-order valence-electron chi connectivity index (χ0n) is 11.7. The molecule has 19 heavy (non-hydrogen) atoms. The molecule has 1 aromatic rings. The Balaban J connectivity index is 2.21. The van der Waals surface area contributed by atoms with Crippen LogP contribution in [0.15, 0.2) is 24.3 Å². The van der Waals surface area contributed by atoms with Crippen LogP contribution in [-0.4, -0.2) is 43.9 Å². The minimum absolute atomic E-state index is 0.0476. The molecule has 5 heteroatoms. The molecule has 0 aromatic heterocycles. The first kappa shape index (κ1) is 15.2. The van der Waals surface area contributed by atoms with Gasteiger partial charge in [0.15, 0.2) is 0 Å². The van der Waals surface area contributed by atoms with Gasteiger partial charge in [0.25, 0.3) is 0 Å². The fourth-order valence-electron chi connectivity index (χ4n) is 1.46. The number of hydrogen-bond donors (Lipinski definition) is 2. The van der Waals surface area contributed by atoms with Crippen LogP contribution >= 0.6 is 0 Å². The summed E-state index contributed by atoms with van der Waals surface area (Å²) in [6.45, 7) is 2.70. The lowest BCUT2D eigenvalue weighted by molar-refractivity contribution is -0.128. The van der Waals surface area contributed by atoms with Crippen molar-refractivity contribution in [1.29, 1.82) is 0 Å². The Kier molecular flexibility index (Phi) is 6.02. The van der Waals surface area contributed by atoms with Crippen LogP contribution in [0.4, 0.5) is 5.69 Å². The molecular formula is C14H21N3O2. The fourth-order valence-corrected chi connectivity index (χ4v) is 1.46. The molecular weight excluding hydrogens is 242 g/mol. The lowest BCUT2D eigenvalue weighted by Crippen LogP contribution is -2.31. The van der Waals surface area contributed by atoms with Crippen molar-refractivity contribution < 1.29 is 9.59 Å². The summed E-state index contributed by atoms with van der Waals surface area (Å²) in [6, 6.07) is 7.61. The Morgan fingerprint density at radius 2 is 1.79 bits per heavy atom. The van der Waals surface area contributed by atoms with Crippen molar-refractivity contribution in [1.82, 2.24) is 10.2 Å². The molecule has 0 saturated heterocycles. The van der Waals surface area contributed by atoms with Crippen LogP contribution in [0.25, 0.3) is 0 Å². The number of benzene rings is 1. The number of anilines is 1. The van der Waals surface area contributed by atoms with Crippen molar-refractivity contribution in [2.45, 2.75) is 13.3 Å². The molecule has 0 aliphatic heterocycles. The first-order valence-corrected chi connectivity index (χ1v) is 6.26. The topological polar surface area (TPSA) is 61.4 Å². The van der Waals surface area contributed by atoms with Crippen molar-refractivity contribution >= 4 is 17.5 Å². The van der Waals surface area contributed by atoms with E-state index in [4.69, 9.17) is 0 Å². The van der Waals surface area contributed by atoms with Crippen molar-refractivity contribution in [3.05, 3.63) is 29.8 Å². The summed E-state index contributed by atoms with van der Waals surface area (Å²) >= 11 is 0. The molecule has 0 atom stereocenters. The Morgan fingerprint density at radius 3 is 2.37 bits per heavy atom. The van der Waals surface area contributed by atoms with E-state index in [1.807, 2.05) is 31.2 Å². The van der Waals surface area contributed by atoms with E-state index in [0.29, 0.717) is 13.0 Å². The summed E-state index contributed by atoms with van der Waals surface area (Å²) in [5.41, 5.74) is 1.93. The van der Waals surface area contributed by atoms with E-state index >= 15 is 0 Å².